The van der Waals surface area contributed by atoms with Gasteiger partial charge in [-0.25, -0.2) is 0 Å². The number of aliphatic hydroxyl groups is 1. The van der Waals surface area contributed by atoms with Crippen LogP contribution < -0.4 is 0 Å². The summed E-state index contributed by atoms with van der Waals surface area (Å²) >= 11 is 0. The molecule has 2 rings (SSSR count). The zero-order valence-corrected chi connectivity index (χ0v) is 9.62. The summed E-state index contributed by atoms with van der Waals surface area (Å²) in [7, 11) is 0. The summed E-state index contributed by atoms with van der Waals surface area (Å²) in [5.41, 5.74) is 2.43. The average molecular weight is 202 g/mol. The van der Waals surface area contributed by atoms with E-state index in [-0.39, 0.29) is 11.3 Å². The number of hydrogen-bond acceptors (Lipinski definition) is 1. The topological polar surface area (TPSA) is 20.2 Å². The van der Waals surface area contributed by atoms with Crippen LogP contribution in [0, 0.1) is 11.3 Å². The molecule has 0 radical (unpaired) electrons. The van der Waals surface area contributed by atoms with Gasteiger partial charge in [0.15, 0.2) is 0 Å². The summed E-state index contributed by atoms with van der Waals surface area (Å²) < 4.78 is 0. The first-order valence-corrected chi connectivity index (χ1v) is 5.48. The number of aliphatic hydroxyl groups excluding tert-OH is 1. The first-order valence-electron chi connectivity index (χ1n) is 5.48. The summed E-state index contributed by atoms with van der Waals surface area (Å²) in [5.74, 6) is 0.776. The van der Waals surface area contributed by atoms with Gasteiger partial charge in [-0.15, -0.1) is 0 Å². The van der Waals surface area contributed by atoms with Gasteiger partial charge < -0.3 is 5.11 Å². The molecule has 0 aromatic heterocycles. The van der Waals surface area contributed by atoms with E-state index in [1.807, 2.05) is 24.3 Å². The van der Waals surface area contributed by atoms with Crippen molar-refractivity contribution >= 4 is 0 Å². The first-order chi connectivity index (χ1) is 7.03. The highest BCUT2D eigenvalue weighted by Gasteiger charge is 2.38. The highest BCUT2D eigenvalue weighted by Crippen LogP contribution is 2.46. The SMILES string of the molecule is CC1=CCC(C(O)=C2C=CC=C2)C1(C)C. The van der Waals surface area contributed by atoms with Gasteiger partial charge in [0.1, 0.15) is 5.76 Å². The lowest BCUT2D eigenvalue weighted by Crippen LogP contribution is -2.22. The van der Waals surface area contributed by atoms with Crippen LogP contribution in [0.5, 0.6) is 0 Å². The molecule has 0 saturated heterocycles. The molecule has 1 N–H and O–H groups in total. The second-order valence-electron chi connectivity index (χ2n) is 4.96. The molecular weight excluding hydrogens is 184 g/mol. The van der Waals surface area contributed by atoms with Crippen molar-refractivity contribution in [1.82, 2.24) is 0 Å². The molecular formula is C14H18O. The van der Waals surface area contributed by atoms with Crippen LogP contribution in [0.15, 0.2) is 47.3 Å². The molecule has 1 unspecified atom stereocenters. The van der Waals surface area contributed by atoms with E-state index in [0.717, 1.165) is 12.0 Å². The van der Waals surface area contributed by atoms with Crippen molar-refractivity contribution < 1.29 is 5.11 Å². The van der Waals surface area contributed by atoms with Crippen molar-refractivity contribution in [1.29, 1.82) is 0 Å². The smallest absolute Gasteiger partial charge is 0.104 e. The maximum atomic E-state index is 10.2. The van der Waals surface area contributed by atoms with Gasteiger partial charge >= 0.3 is 0 Å². The summed E-state index contributed by atoms with van der Waals surface area (Å²) in [6, 6.07) is 0. The van der Waals surface area contributed by atoms with Crippen LogP contribution in [0.4, 0.5) is 0 Å². The predicted octanol–water partition coefficient (Wildman–Crippen LogP) is 3.92. The number of rotatable bonds is 1. The minimum Gasteiger partial charge on any atom is -0.511 e. The Bertz CT molecular complexity index is 378. The lowest BCUT2D eigenvalue weighted by atomic mass is 9.76. The van der Waals surface area contributed by atoms with Crippen LogP contribution in [0.1, 0.15) is 27.2 Å². The van der Waals surface area contributed by atoms with E-state index >= 15 is 0 Å². The minimum absolute atomic E-state index is 0.0847. The van der Waals surface area contributed by atoms with Crippen LogP contribution >= 0.6 is 0 Å². The van der Waals surface area contributed by atoms with Gasteiger partial charge in [-0.1, -0.05) is 49.8 Å². The molecule has 0 heterocycles. The molecule has 15 heavy (non-hydrogen) atoms. The number of hydrogen-bond donors (Lipinski definition) is 1. The van der Waals surface area contributed by atoms with Crippen LogP contribution in [0.3, 0.4) is 0 Å². The van der Waals surface area contributed by atoms with Crippen LogP contribution in [-0.4, -0.2) is 5.11 Å². The Morgan fingerprint density at radius 2 is 1.93 bits per heavy atom. The van der Waals surface area contributed by atoms with E-state index in [9.17, 15) is 5.11 Å². The van der Waals surface area contributed by atoms with E-state index in [2.05, 4.69) is 26.8 Å². The molecule has 1 nitrogen and oxygen atoms in total. The first kappa shape index (κ1) is 10.3. The molecule has 0 aromatic rings. The molecule has 1 heteroatoms. The van der Waals surface area contributed by atoms with E-state index < -0.39 is 0 Å². The fourth-order valence-corrected chi connectivity index (χ4v) is 2.33. The maximum absolute atomic E-state index is 10.2. The highest BCUT2D eigenvalue weighted by molar-refractivity contribution is 5.43. The third-order valence-electron chi connectivity index (χ3n) is 3.84. The maximum Gasteiger partial charge on any atom is 0.104 e. The van der Waals surface area contributed by atoms with E-state index in [4.69, 9.17) is 0 Å². The molecule has 0 saturated carbocycles. The summed E-state index contributed by atoms with van der Waals surface area (Å²) in [4.78, 5) is 0. The second kappa shape index (κ2) is 3.41. The highest BCUT2D eigenvalue weighted by atomic mass is 16.3. The molecule has 80 valence electrons. The molecule has 2 aliphatic carbocycles. The zero-order chi connectivity index (χ0) is 11.1. The Morgan fingerprint density at radius 1 is 1.33 bits per heavy atom. The van der Waals surface area contributed by atoms with Crippen LogP contribution in [0.2, 0.25) is 0 Å². The second-order valence-corrected chi connectivity index (χ2v) is 4.96. The van der Waals surface area contributed by atoms with Gasteiger partial charge in [-0.05, 0) is 18.8 Å². The predicted molar refractivity (Wildman–Crippen MR) is 63.6 cm³/mol. The van der Waals surface area contributed by atoms with Crippen LogP contribution in [0.25, 0.3) is 0 Å². The monoisotopic (exact) mass is 202 g/mol. The third kappa shape index (κ3) is 1.56. The van der Waals surface area contributed by atoms with Gasteiger partial charge in [0.2, 0.25) is 0 Å². The van der Waals surface area contributed by atoms with Crippen molar-refractivity contribution in [3.63, 3.8) is 0 Å². The Labute approximate surface area is 91.5 Å². The Balaban J connectivity index is 2.32. The summed E-state index contributed by atoms with van der Waals surface area (Å²) in [6.45, 7) is 6.56. The fourth-order valence-electron chi connectivity index (χ4n) is 2.33. The van der Waals surface area contributed by atoms with Crippen molar-refractivity contribution in [2.24, 2.45) is 11.3 Å². The van der Waals surface area contributed by atoms with Gasteiger partial charge in [-0.2, -0.15) is 0 Å². The van der Waals surface area contributed by atoms with E-state index in [1.54, 1.807) is 0 Å². The zero-order valence-electron chi connectivity index (χ0n) is 9.62. The molecule has 0 aromatic carbocycles. The number of allylic oxidation sites excluding steroid dienone is 8. The van der Waals surface area contributed by atoms with E-state index in [1.165, 1.54) is 5.57 Å². The Hall–Kier alpha value is -1.24. The quantitative estimate of drug-likeness (QED) is 0.505. The molecule has 0 aliphatic heterocycles. The largest absolute Gasteiger partial charge is 0.511 e. The standard InChI is InChI=1S/C14H18O/c1-10-8-9-12(14(10,2)3)13(15)11-6-4-5-7-11/h4-8,12,15H,9H2,1-3H3. The fraction of sp³-hybridized carbons (Fsp3) is 0.429. The molecule has 0 amide bonds. The molecule has 1 atom stereocenters. The Morgan fingerprint density at radius 3 is 2.40 bits per heavy atom. The lowest BCUT2D eigenvalue weighted by molar-refractivity contribution is 0.234. The van der Waals surface area contributed by atoms with Gasteiger partial charge in [0.05, 0.1) is 0 Å². The molecule has 2 aliphatic rings. The summed E-state index contributed by atoms with van der Waals surface area (Å²) in [5, 5.41) is 10.2. The van der Waals surface area contributed by atoms with Crippen molar-refractivity contribution in [2.75, 3.05) is 0 Å². The molecule has 0 spiro atoms. The van der Waals surface area contributed by atoms with Gasteiger partial charge in [0.25, 0.3) is 0 Å². The van der Waals surface area contributed by atoms with Crippen molar-refractivity contribution in [3.8, 4) is 0 Å². The third-order valence-corrected chi connectivity index (χ3v) is 3.84. The molecule has 0 bridgehead atoms. The van der Waals surface area contributed by atoms with Crippen molar-refractivity contribution in [3.05, 3.63) is 47.3 Å². The van der Waals surface area contributed by atoms with Crippen LogP contribution in [-0.2, 0) is 0 Å². The Kier molecular flexibility index (Phi) is 2.34. The van der Waals surface area contributed by atoms with Crippen molar-refractivity contribution in [2.45, 2.75) is 27.2 Å². The minimum atomic E-state index is 0.0847. The van der Waals surface area contributed by atoms with E-state index in [0.29, 0.717) is 5.76 Å². The van der Waals surface area contributed by atoms with Gasteiger partial charge in [0, 0.05) is 11.5 Å². The lowest BCUT2D eigenvalue weighted by Gasteiger charge is -2.29. The van der Waals surface area contributed by atoms with Gasteiger partial charge in [-0.3, -0.25) is 0 Å². The normalized spacial score (nSPS) is 27.3. The average Bonchev–Trinajstić information content (AvgIpc) is 2.76. The molecule has 0 fully saturated rings. The summed E-state index contributed by atoms with van der Waals surface area (Å²) in [6.07, 6.45) is 11.1.